The molecule has 6 nitrogen and oxygen atoms in total. The van der Waals surface area contributed by atoms with Crippen molar-refractivity contribution >= 4 is 34.8 Å². The summed E-state index contributed by atoms with van der Waals surface area (Å²) in [6.07, 6.45) is 3.78. The Bertz CT molecular complexity index is 942. The summed E-state index contributed by atoms with van der Waals surface area (Å²) in [4.78, 5) is 13.9. The van der Waals surface area contributed by atoms with E-state index in [1.54, 1.807) is 0 Å². The molecule has 3 heterocycles. The third-order valence-electron chi connectivity index (χ3n) is 3.90. The zero-order chi connectivity index (χ0) is 16.7. The maximum Gasteiger partial charge on any atom is 0.189 e. The number of aromatic nitrogens is 4. The number of hydrogen-bond donors (Lipinski definition) is 2. The number of H-pyrrole nitrogens is 1. The molecule has 0 spiro atoms. The Balaban J connectivity index is 1.97. The topological polar surface area (TPSA) is 78.9 Å². The van der Waals surface area contributed by atoms with Crippen molar-refractivity contribution in [1.82, 2.24) is 20.2 Å². The van der Waals surface area contributed by atoms with Crippen LogP contribution in [0.1, 0.15) is 22.4 Å². The van der Waals surface area contributed by atoms with E-state index in [2.05, 4.69) is 56.7 Å². The predicted molar refractivity (Wildman–Crippen MR) is 96.9 cm³/mol. The van der Waals surface area contributed by atoms with Crippen molar-refractivity contribution in [2.24, 2.45) is 4.99 Å². The van der Waals surface area contributed by atoms with Gasteiger partial charge in [-0.3, -0.25) is 5.10 Å². The fourth-order valence-electron chi connectivity index (χ4n) is 2.60. The van der Waals surface area contributed by atoms with Crippen molar-refractivity contribution in [3.63, 3.8) is 0 Å². The first kappa shape index (κ1) is 14.9. The highest BCUT2D eigenvalue weighted by Crippen LogP contribution is 2.35. The third-order valence-corrected chi connectivity index (χ3v) is 4.47. The van der Waals surface area contributed by atoms with E-state index in [0.29, 0.717) is 11.0 Å². The quantitative estimate of drug-likeness (QED) is 0.430. The van der Waals surface area contributed by atoms with Gasteiger partial charge in [0.2, 0.25) is 0 Å². The van der Waals surface area contributed by atoms with Gasteiger partial charge < -0.3 is 5.32 Å². The highest BCUT2D eigenvalue weighted by Gasteiger charge is 2.22. The number of anilines is 2. The van der Waals surface area contributed by atoms with E-state index >= 15 is 0 Å². The minimum atomic E-state index is 0.682. The van der Waals surface area contributed by atoms with Gasteiger partial charge in [0.1, 0.15) is 11.5 Å². The Morgan fingerprint density at radius 2 is 1.83 bits per heavy atom. The summed E-state index contributed by atoms with van der Waals surface area (Å²) in [6, 6.07) is 8.30. The summed E-state index contributed by atoms with van der Waals surface area (Å²) in [5.41, 5.74) is 5.66. The van der Waals surface area contributed by atoms with E-state index in [-0.39, 0.29) is 0 Å². The van der Waals surface area contributed by atoms with Crippen LogP contribution in [0.5, 0.6) is 0 Å². The van der Waals surface area contributed by atoms with Crippen LogP contribution in [0.4, 0.5) is 17.3 Å². The van der Waals surface area contributed by atoms with Crippen LogP contribution in [-0.4, -0.2) is 32.1 Å². The number of nitrogens with zero attached hydrogens (tertiary/aromatic N) is 4. The lowest BCUT2D eigenvalue weighted by molar-refractivity contribution is 0.967. The Morgan fingerprint density at radius 1 is 1.04 bits per heavy atom. The minimum Gasteiger partial charge on any atom is -0.321 e. The molecule has 0 aliphatic carbocycles. The molecule has 1 aliphatic heterocycles. The molecule has 0 radical (unpaired) electrons. The molecule has 0 atom stereocenters. The van der Waals surface area contributed by atoms with Crippen molar-refractivity contribution in [1.29, 1.82) is 0 Å². The van der Waals surface area contributed by atoms with Crippen molar-refractivity contribution in [2.45, 2.75) is 19.0 Å². The molecule has 4 rings (SSSR count). The Kier molecular flexibility index (Phi) is 3.57. The molecular formula is C17H16N6S. The monoisotopic (exact) mass is 336 g/mol. The van der Waals surface area contributed by atoms with Crippen LogP contribution >= 0.6 is 11.8 Å². The number of aromatic amines is 1. The van der Waals surface area contributed by atoms with Crippen molar-refractivity contribution in [3.8, 4) is 0 Å². The van der Waals surface area contributed by atoms with E-state index in [1.807, 2.05) is 19.4 Å². The van der Waals surface area contributed by atoms with E-state index in [1.165, 1.54) is 17.3 Å². The molecule has 7 heteroatoms. The minimum absolute atomic E-state index is 0.682. The summed E-state index contributed by atoms with van der Waals surface area (Å²) < 4.78 is 0. The van der Waals surface area contributed by atoms with Gasteiger partial charge in [0.05, 0.1) is 17.0 Å². The number of nitrogens with one attached hydrogen (secondary N) is 2. The van der Waals surface area contributed by atoms with Gasteiger partial charge in [-0.15, -0.1) is 0 Å². The molecule has 0 saturated heterocycles. The van der Waals surface area contributed by atoms with Gasteiger partial charge in [0.15, 0.2) is 11.0 Å². The van der Waals surface area contributed by atoms with Gasteiger partial charge in [0, 0.05) is 11.8 Å². The molecular weight excluding hydrogens is 320 g/mol. The second-order valence-electron chi connectivity index (χ2n) is 5.62. The van der Waals surface area contributed by atoms with Gasteiger partial charge in [0.25, 0.3) is 0 Å². The lowest BCUT2D eigenvalue weighted by Crippen LogP contribution is -2.08. The smallest absolute Gasteiger partial charge is 0.189 e. The molecule has 2 aromatic heterocycles. The Labute approximate surface area is 143 Å². The van der Waals surface area contributed by atoms with E-state index in [0.717, 1.165) is 34.0 Å². The second-order valence-corrected chi connectivity index (χ2v) is 6.39. The number of fused-ring (bicyclic) bond motifs is 2. The number of aliphatic imine (C=N–C) groups is 1. The molecule has 0 unspecified atom stereocenters. The number of aryl methyl sites for hydroxylation is 2. The van der Waals surface area contributed by atoms with Crippen LogP contribution < -0.4 is 5.32 Å². The maximum absolute atomic E-state index is 4.87. The lowest BCUT2D eigenvalue weighted by Gasteiger charge is -2.10. The molecule has 1 aromatic carbocycles. The molecule has 2 N–H and O–H groups in total. The first-order valence-electron chi connectivity index (χ1n) is 7.55. The average molecular weight is 336 g/mol. The van der Waals surface area contributed by atoms with E-state index < -0.39 is 0 Å². The van der Waals surface area contributed by atoms with Crippen molar-refractivity contribution in [3.05, 3.63) is 52.8 Å². The van der Waals surface area contributed by atoms with Gasteiger partial charge in [-0.2, -0.15) is 5.10 Å². The largest absolute Gasteiger partial charge is 0.321 e. The zero-order valence-corrected chi connectivity index (χ0v) is 14.4. The van der Waals surface area contributed by atoms with Crippen LogP contribution in [0.15, 0.2) is 40.6 Å². The third kappa shape index (κ3) is 2.46. The van der Waals surface area contributed by atoms with Gasteiger partial charge in [-0.1, -0.05) is 41.6 Å². The second kappa shape index (κ2) is 5.76. The fraction of sp³-hybridized carbons (Fsp3) is 0.176. The molecule has 0 saturated carbocycles. The molecule has 120 valence electrons. The lowest BCUT2D eigenvalue weighted by atomic mass is 10.0. The Morgan fingerprint density at radius 3 is 2.58 bits per heavy atom. The highest BCUT2D eigenvalue weighted by atomic mass is 32.2. The molecule has 0 fully saturated rings. The van der Waals surface area contributed by atoms with Crippen LogP contribution in [0.3, 0.4) is 0 Å². The van der Waals surface area contributed by atoms with Crippen molar-refractivity contribution < 1.29 is 0 Å². The summed E-state index contributed by atoms with van der Waals surface area (Å²) in [7, 11) is 0. The summed E-state index contributed by atoms with van der Waals surface area (Å²) in [6.45, 7) is 4.03. The number of hydrogen-bond acceptors (Lipinski definition) is 6. The number of rotatable bonds is 2. The summed E-state index contributed by atoms with van der Waals surface area (Å²) >= 11 is 1.50. The predicted octanol–water partition coefficient (Wildman–Crippen LogP) is 3.76. The first-order valence-corrected chi connectivity index (χ1v) is 8.77. The average Bonchev–Trinajstić information content (AvgIpc) is 2.85. The van der Waals surface area contributed by atoms with Gasteiger partial charge >= 0.3 is 0 Å². The van der Waals surface area contributed by atoms with Crippen LogP contribution in [-0.2, 0) is 0 Å². The van der Waals surface area contributed by atoms with Gasteiger partial charge in [-0.25, -0.2) is 15.0 Å². The molecule has 1 aliphatic rings. The van der Waals surface area contributed by atoms with Gasteiger partial charge in [-0.05, 0) is 20.1 Å². The van der Waals surface area contributed by atoms with Crippen LogP contribution in [0.25, 0.3) is 0 Å². The summed E-state index contributed by atoms with van der Waals surface area (Å²) in [5.74, 6) is 1.40. The Hall–Kier alpha value is -2.67. The van der Waals surface area contributed by atoms with Crippen LogP contribution in [0.2, 0.25) is 0 Å². The highest BCUT2D eigenvalue weighted by molar-refractivity contribution is 7.98. The standard InChI is InChI=1S/C17H16N6S/c1-9-4-6-11(7-5-9)14-12-8-18-17(24-3)21-15(12)20-16-13(19-14)10(2)22-23-16/h4-8H,1-3H3,(H2,18,20,21,22,23). The van der Waals surface area contributed by atoms with E-state index in [4.69, 9.17) is 4.99 Å². The first-order chi connectivity index (χ1) is 11.7. The molecule has 24 heavy (non-hydrogen) atoms. The fourth-order valence-corrected chi connectivity index (χ4v) is 2.94. The maximum atomic E-state index is 4.87. The molecule has 0 amide bonds. The number of benzene rings is 1. The van der Waals surface area contributed by atoms with Crippen LogP contribution in [0, 0.1) is 13.8 Å². The molecule has 3 aromatic rings. The van der Waals surface area contributed by atoms with Crippen molar-refractivity contribution in [2.75, 3.05) is 11.6 Å². The SMILES string of the molecule is CSc1ncc2c(n1)Nc1n[nH]c(C)c1N=C2c1ccc(C)cc1. The normalized spacial score (nSPS) is 12.7. The summed E-state index contributed by atoms with van der Waals surface area (Å²) in [5, 5.41) is 11.3. The zero-order valence-electron chi connectivity index (χ0n) is 13.6. The number of thioether (sulfide) groups is 1. The van der Waals surface area contributed by atoms with E-state index in [9.17, 15) is 0 Å². The molecule has 0 bridgehead atoms.